The molecule has 1 saturated heterocycles. The maximum Gasteiger partial charge on any atom is 0.150 e. The zero-order chi connectivity index (χ0) is 15.7. The van der Waals surface area contributed by atoms with Crippen LogP contribution in [0.2, 0.25) is 0 Å². The predicted molar refractivity (Wildman–Crippen MR) is 94.6 cm³/mol. The molecule has 0 radical (unpaired) electrons. The number of hydrogen-bond donors (Lipinski definition) is 0. The van der Waals surface area contributed by atoms with E-state index in [2.05, 4.69) is 47.8 Å². The van der Waals surface area contributed by atoms with E-state index in [1.54, 1.807) is 12.1 Å². The van der Waals surface area contributed by atoms with E-state index in [0.29, 0.717) is 28.0 Å². The van der Waals surface area contributed by atoms with Crippen molar-refractivity contribution in [3.63, 3.8) is 0 Å². The lowest BCUT2D eigenvalue weighted by Crippen LogP contribution is -2.37. The average Bonchev–Trinajstić information content (AvgIpc) is 2.81. The van der Waals surface area contributed by atoms with E-state index in [4.69, 9.17) is 0 Å². The molecule has 1 aromatic carbocycles. The van der Waals surface area contributed by atoms with Gasteiger partial charge in [0.05, 0.1) is 16.0 Å². The van der Waals surface area contributed by atoms with E-state index in [1.165, 1.54) is 6.07 Å². The molecule has 0 aromatic heterocycles. The van der Waals surface area contributed by atoms with Crippen LogP contribution in [0.15, 0.2) is 22.7 Å². The van der Waals surface area contributed by atoms with Crippen LogP contribution < -0.4 is 0 Å². The molecule has 0 aliphatic carbocycles. The Morgan fingerprint density at radius 2 is 1.95 bits per heavy atom. The summed E-state index contributed by atoms with van der Waals surface area (Å²) in [4.78, 5) is 0. The van der Waals surface area contributed by atoms with E-state index >= 15 is 0 Å². The molecule has 0 spiro atoms. The van der Waals surface area contributed by atoms with Gasteiger partial charge >= 0.3 is 0 Å². The topological polar surface area (TPSA) is 34.1 Å². The van der Waals surface area contributed by atoms with Gasteiger partial charge in [0.2, 0.25) is 0 Å². The number of sulfone groups is 1. The molecule has 2 rings (SSSR count). The molecular weight excluding hydrogens is 491 g/mol. The largest absolute Gasteiger partial charge is 0.229 e. The van der Waals surface area contributed by atoms with Crippen LogP contribution >= 0.6 is 47.8 Å². The molecule has 1 aliphatic heterocycles. The van der Waals surface area contributed by atoms with Crippen molar-refractivity contribution in [2.24, 2.45) is 11.3 Å². The summed E-state index contributed by atoms with van der Waals surface area (Å²) in [6.07, 6.45) is 1.41. The van der Waals surface area contributed by atoms with Crippen LogP contribution in [0.25, 0.3) is 0 Å². The van der Waals surface area contributed by atoms with Gasteiger partial charge in [-0.3, -0.25) is 0 Å². The third kappa shape index (κ3) is 4.09. The summed E-state index contributed by atoms with van der Waals surface area (Å²) in [5.41, 5.74) is 0.826. The van der Waals surface area contributed by atoms with Crippen LogP contribution in [0, 0.1) is 17.2 Å². The minimum absolute atomic E-state index is 0.116. The Kier molecular flexibility index (Phi) is 5.94. The van der Waals surface area contributed by atoms with Gasteiger partial charge in [0.15, 0.2) is 9.84 Å². The Balaban J connectivity index is 2.27. The number of halogens is 4. The second kappa shape index (κ2) is 6.97. The molecule has 21 heavy (non-hydrogen) atoms. The van der Waals surface area contributed by atoms with E-state index in [-0.39, 0.29) is 28.7 Å². The second-order valence-corrected chi connectivity index (χ2v) is 9.86. The van der Waals surface area contributed by atoms with Crippen molar-refractivity contribution in [1.82, 2.24) is 0 Å². The van der Waals surface area contributed by atoms with Gasteiger partial charge < -0.3 is 0 Å². The molecule has 0 bridgehead atoms. The lowest BCUT2D eigenvalue weighted by molar-refractivity contribution is 0.253. The highest BCUT2D eigenvalue weighted by Crippen LogP contribution is 2.42. The number of rotatable bonds is 5. The molecule has 0 N–H and O–H groups in total. The summed E-state index contributed by atoms with van der Waals surface area (Å²) in [6.45, 7) is 0. The highest BCUT2D eigenvalue weighted by Gasteiger charge is 2.43. The Labute approximate surface area is 150 Å². The lowest BCUT2D eigenvalue weighted by atomic mass is 9.74. The minimum atomic E-state index is -2.92. The highest BCUT2D eigenvalue weighted by molar-refractivity contribution is 9.10. The van der Waals surface area contributed by atoms with Crippen molar-refractivity contribution in [2.45, 2.75) is 12.8 Å². The van der Waals surface area contributed by atoms with Crippen LogP contribution in [0.1, 0.15) is 12.0 Å². The number of benzene rings is 1. The van der Waals surface area contributed by atoms with Crippen molar-refractivity contribution < 1.29 is 12.8 Å². The molecule has 1 aromatic rings. The first-order valence-corrected chi connectivity index (χ1v) is 11.4. The van der Waals surface area contributed by atoms with Crippen LogP contribution in [0.3, 0.4) is 0 Å². The summed E-state index contributed by atoms with van der Waals surface area (Å²) < 4.78 is 37.4. The fourth-order valence-electron chi connectivity index (χ4n) is 2.83. The zero-order valence-electron chi connectivity index (χ0n) is 11.3. The van der Waals surface area contributed by atoms with Crippen LogP contribution in [0.5, 0.6) is 0 Å². The van der Waals surface area contributed by atoms with E-state index in [9.17, 15) is 12.8 Å². The molecule has 1 fully saturated rings. The molecule has 1 atom stereocenters. The van der Waals surface area contributed by atoms with Gasteiger partial charge in [-0.05, 0) is 57.8 Å². The maximum absolute atomic E-state index is 13.4. The second-order valence-electron chi connectivity index (χ2n) is 5.65. The van der Waals surface area contributed by atoms with E-state index in [0.717, 1.165) is 5.56 Å². The van der Waals surface area contributed by atoms with Gasteiger partial charge in [-0.1, -0.05) is 37.9 Å². The highest BCUT2D eigenvalue weighted by atomic mass is 79.9. The van der Waals surface area contributed by atoms with E-state index in [1.807, 2.05) is 0 Å². The van der Waals surface area contributed by atoms with Crippen LogP contribution in [-0.4, -0.2) is 30.6 Å². The van der Waals surface area contributed by atoms with Gasteiger partial charge in [-0.25, -0.2) is 12.8 Å². The third-order valence-electron chi connectivity index (χ3n) is 4.17. The van der Waals surface area contributed by atoms with Gasteiger partial charge in [0.25, 0.3) is 0 Å². The SMILES string of the molecule is O=S1(=O)CCC(C(CBr)(CBr)Cc2ccc(F)c(Br)c2)C1. The number of alkyl halides is 2. The Morgan fingerprint density at radius 3 is 2.43 bits per heavy atom. The molecule has 118 valence electrons. The zero-order valence-corrected chi connectivity index (χ0v) is 16.9. The first-order chi connectivity index (χ1) is 9.82. The Bertz CT molecular complexity index is 615. The molecule has 0 amide bonds. The van der Waals surface area contributed by atoms with Gasteiger partial charge in [-0.2, -0.15) is 0 Å². The predicted octanol–water partition coefficient (Wildman–Crippen LogP) is 4.34. The maximum atomic E-state index is 13.4. The molecule has 2 nitrogen and oxygen atoms in total. The fourth-order valence-corrected chi connectivity index (χ4v) is 7.44. The normalized spacial score (nSPS) is 21.6. The molecule has 7 heteroatoms. The van der Waals surface area contributed by atoms with Crippen molar-refractivity contribution in [2.75, 3.05) is 22.2 Å². The van der Waals surface area contributed by atoms with Gasteiger partial charge in [0, 0.05) is 10.7 Å². The molecule has 1 heterocycles. The van der Waals surface area contributed by atoms with E-state index < -0.39 is 9.84 Å². The summed E-state index contributed by atoms with van der Waals surface area (Å²) in [7, 11) is -2.92. The monoisotopic (exact) mass is 504 g/mol. The van der Waals surface area contributed by atoms with Gasteiger partial charge in [-0.15, -0.1) is 0 Å². The molecular formula is C14H16Br3FO2S. The summed E-state index contributed by atoms with van der Waals surface area (Å²) in [6, 6.07) is 4.99. The molecule has 0 saturated carbocycles. The standard InChI is InChI=1S/C14H16Br3FO2S/c15-8-14(9-16,11-3-4-21(19,20)7-11)6-10-1-2-13(18)12(17)5-10/h1-2,5,11H,3-4,6-9H2. The van der Waals surface area contributed by atoms with Crippen LogP contribution in [-0.2, 0) is 16.3 Å². The quantitative estimate of drug-likeness (QED) is 0.557. The molecule has 1 aliphatic rings. The minimum Gasteiger partial charge on any atom is -0.229 e. The summed E-state index contributed by atoms with van der Waals surface area (Å²) >= 11 is 10.3. The molecule has 1 unspecified atom stereocenters. The average molecular weight is 507 g/mol. The van der Waals surface area contributed by atoms with Crippen molar-refractivity contribution in [3.8, 4) is 0 Å². The van der Waals surface area contributed by atoms with Crippen molar-refractivity contribution in [1.29, 1.82) is 0 Å². The summed E-state index contributed by atoms with van der Waals surface area (Å²) in [5.74, 6) is 0.342. The first kappa shape index (κ1) is 17.9. The Morgan fingerprint density at radius 1 is 1.29 bits per heavy atom. The van der Waals surface area contributed by atoms with Crippen molar-refractivity contribution >= 4 is 57.6 Å². The first-order valence-electron chi connectivity index (χ1n) is 6.58. The van der Waals surface area contributed by atoms with Crippen molar-refractivity contribution in [3.05, 3.63) is 34.1 Å². The summed E-state index contributed by atoms with van der Waals surface area (Å²) in [5, 5.41) is 1.42. The number of hydrogen-bond acceptors (Lipinski definition) is 2. The lowest BCUT2D eigenvalue weighted by Gasteiger charge is -2.36. The van der Waals surface area contributed by atoms with Crippen LogP contribution in [0.4, 0.5) is 4.39 Å². The fraction of sp³-hybridized carbons (Fsp3) is 0.571. The Hall–Kier alpha value is 0.540. The third-order valence-corrected chi connectivity index (χ3v) is 8.78. The van der Waals surface area contributed by atoms with Gasteiger partial charge in [0.1, 0.15) is 5.82 Å². The smallest absolute Gasteiger partial charge is 0.150 e.